The lowest BCUT2D eigenvalue weighted by atomic mass is 10.1. The first-order valence-electron chi connectivity index (χ1n) is 8.64. The number of halogens is 6. The molecule has 2 aromatic carbocycles. The number of nitrogens with zero attached hydrogens (tertiary/aromatic N) is 1. The number of amides is 2. The lowest BCUT2D eigenvalue weighted by Gasteiger charge is -2.20. The van der Waals surface area contributed by atoms with Gasteiger partial charge in [0.2, 0.25) is 11.8 Å². The maximum absolute atomic E-state index is 13.2. The van der Waals surface area contributed by atoms with E-state index >= 15 is 0 Å². The maximum Gasteiger partial charge on any atom is 0.418 e. The molecule has 0 radical (unpaired) electrons. The fraction of sp³-hybridized carbons (Fsp3) is 0.263. The lowest BCUT2D eigenvalue weighted by molar-refractivity contribution is -0.137. The molecule has 2 rings (SSSR count). The number of hydrogen-bond acceptors (Lipinski definition) is 3. The largest absolute Gasteiger partial charge is 0.418 e. The molecule has 0 heterocycles. The molecule has 30 heavy (non-hydrogen) atoms. The number of carbonyl (C=O) groups excluding carboxylic acids is 2. The third-order valence-electron chi connectivity index (χ3n) is 3.97. The number of nitrogens with one attached hydrogen (secondary N) is 2. The van der Waals surface area contributed by atoms with Crippen molar-refractivity contribution in [2.24, 2.45) is 0 Å². The van der Waals surface area contributed by atoms with Crippen molar-refractivity contribution < 1.29 is 22.8 Å². The second-order valence-corrected chi connectivity index (χ2v) is 7.43. The molecule has 5 nitrogen and oxygen atoms in total. The minimum Gasteiger partial charge on any atom is -0.324 e. The summed E-state index contributed by atoms with van der Waals surface area (Å²) in [6, 6.07) is 7.78. The second kappa shape index (κ2) is 10.3. The van der Waals surface area contributed by atoms with Crippen molar-refractivity contribution in [2.45, 2.75) is 13.1 Å². The van der Waals surface area contributed by atoms with Crippen LogP contribution in [-0.4, -0.2) is 36.3 Å². The molecule has 2 aromatic rings. The van der Waals surface area contributed by atoms with Gasteiger partial charge in [-0.2, -0.15) is 13.2 Å². The maximum atomic E-state index is 13.2. The van der Waals surface area contributed by atoms with Crippen LogP contribution in [-0.2, 0) is 15.8 Å². The summed E-state index contributed by atoms with van der Waals surface area (Å²) in [6.07, 6.45) is -4.69. The Hall–Kier alpha value is -2.00. The smallest absolute Gasteiger partial charge is 0.324 e. The third kappa shape index (κ3) is 6.77. The van der Waals surface area contributed by atoms with E-state index in [1.165, 1.54) is 11.0 Å². The van der Waals surface area contributed by atoms with Gasteiger partial charge in [-0.05, 0) is 36.9 Å². The highest BCUT2D eigenvalue weighted by molar-refractivity contribution is 6.39. The minimum absolute atomic E-state index is 0.106. The van der Waals surface area contributed by atoms with Gasteiger partial charge in [-0.1, -0.05) is 47.8 Å². The van der Waals surface area contributed by atoms with Crippen LogP contribution in [0.25, 0.3) is 0 Å². The summed E-state index contributed by atoms with van der Waals surface area (Å²) in [5.41, 5.74) is -1.24. The first-order valence-corrected chi connectivity index (χ1v) is 9.77. The molecule has 0 aliphatic rings. The number of rotatable bonds is 7. The number of likely N-dealkylation sites (N-methyl/N-ethyl adjacent to an activating group) is 1. The van der Waals surface area contributed by atoms with Crippen molar-refractivity contribution in [1.29, 1.82) is 0 Å². The average Bonchev–Trinajstić information content (AvgIpc) is 2.65. The van der Waals surface area contributed by atoms with Crippen LogP contribution in [0, 0.1) is 0 Å². The normalized spacial score (nSPS) is 11.5. The van der Waals surface area contributed by atoms with Gasteiger partial charge in [0.1, 0.15) is 0 Å². The van der Waals surface area contributed by atoms with Crippen molar-refractivity contribution >= 4 is 58.0 Å². The van der Waals surface area contributed by atoms with Crippen LogP contribution in [0.1, 0.15) is 12.5 Å². The number of carbonyl (C=O) groups is 2. The standard InChI is InChI=1S/C19H17Cl3F3N3O2/c1-2-28(10-17(30)27-18-13(21)4-3-5-14(18)22)9-16(29)26-15-7-6-11(20)8-12(15)19(23,24)25/h3-8H,2,9-10H2,1H3,(H,26,29)(H,27,30). The molecular formula is C19H17Cl3F3N3O2. The van der Waals surface area contributed by atoms with Gasteiger partial charge in [0.05, 0.1) is 40.1 Å². The highest BCUT2D eigenvalue weighted by atomic mass is 35.5. The monoisotopic (exact) mass is 481 g/mol. The molecule has 0 atom stereocenters. The summed E-state index contributed by atoms with van der Waals surface area (Å²) < 4.78 is 39.5. The van der Waals surface area contributed by atoms with E-state index in [1.54, 1.807) is 25.1 Å². The topological polar surface area (TPSA) is 61.4 Å². The summed E-state index contributed by atoms with van der Waals surface area (Å²) in [7, 11) is 0. The SMILES string of the molecule is CCN(CC(=O)Nc1ccc(Cl)cc1C(F)(F)F)CC(=O)Nc1c(Cl)cccc1Cl. The highest BCUT2D eigenvalue weighted by Crippen LogP contribution is 2.36. The van der Waals surface area contributed by atoms with Gasteiger partial charge in [0, 0.05) is 5.02 Å². The van der Waals surface area contributed by atoms with Gasteiger partial charge >= 0.3 is 6.18 Å². The summed E-state index contributed by atoms with van der Waals surface area (Å²) in [4.78, 5) is 26.0. The Kier molecular flexibility index (Phi) is 8.37. The van der Waals surface area contributed by atoms with Crippen molar-refractivity contribution in [2.75, 3.05) is 30.3 Å². The molecule has 0 bridgehead atoms. The zero-order chi connectivity index (χ0) is 22.5. The van der Waals surface area contributed by atoms with E-state index in [0.717, 1.165) is 12.1 Å². The predicted molar refractivity (Wildman–Crippen MR) is 112 cm³/mol. The zero-order valence-corrected chi connectivity index (χ0v) is 17.9. The van der Waals surface area contributed by atoms with E-state index in [-0.39, 0.29) is 33.8 Å². The molecule has 0 aromatic heterocycles. The first-order chi connectivity index (χ1) is 14.0. The summed E-state index contributed by atoms with van der Waals surface area (Å²) >= 11 is 17.6. The Morgan fingerprint density at radius 3 is 2.07 bits per heavy atom. The van der Waals surface area contributed by atoms with E-state index in [1.807, 2.05) is 0 Å². The quantitative estimate of drug-likeness (QED) is 0.543. The van der Waals surface area contributed by atoms with Gasteiger partial charge in [-0.3, -0.25) is 14.5 Å². The van der Waals surface area contributed by atoms with Crippen molar-refractivity contribution in [1.82, 2.24) is 4.90 Å². The van der Waals surface area contributed by atoms with Crippen LogP contribution in [0.5, 0.6) is 0 Å². The second-order valence-electron chi connectivity index (χ2n) is 6.18. The molecular weight excluding hydrogens is 466 g/mol. The van der Waals surface area contributed by atoms with Gasteiger partial charge in [-0.25, -0.2) is 0 Å². The molecule has 0 aliphatic heterocycles. The van der Waals surface area contributed by atoms with Gasteiger partial charge < -0.3 is 10.6 Å². The fourth-order valence-corrected chi connectivity index (χ4v) is 3.20. The molecule has 0 unspecified atom stereocenters. The fourth-order valence-electron chi connectivity index (χ4n) is 2.53. The van der Waals surface area contributed by atoms with E-state index in [9.17, 15) is 22.8 Å². The van der Waals surface area contributed by atoms with E-state index in [4.69, 9.17) is 34.8 Å². The Morgan fingerprint density at radius 2 is 1.53 bits per heavy atom. The Morgan fingerprint density at radius 1 is 0.967 bits per heavy atom. The lowest BCUT2D eigenvalue weighted by Crippen LogP contribution is -2.39. The van der Waals surface area contributed by atoms with Crippen molar-refractivity contribution in [3.8, 4) is 0 Å². The van der Waals surface area contributed by atoms with Crippen LogP contribution < -0.4 is 10.6 Å². The van der Waals surface area contributed by atoms with E-state index in [2.05, 4.69) is 10.6 Å². The van der Waals surface area contributed by atoms with Crippen molar-refractivity contribution in [3.05, 3.63) is 57.0 Å². The zero-order valence-electron chi connectivity index (χ0n) is 15.6. The molecule has 2 N–H and O–H groups in total. The van der Waals surface area contributed by atoms with Crippen molar-refractivity contribution in [3.63, 3.8) is 0 Å². The molecule has 0 saturated heterocycles. The first kappa shape index (κ1) is 24.3. The molecule has 0 fully saturated rings. The van der Waals surface area contributed by atoms with Gasteiger partial charge in [0.25, 0.3) is 0 Å². The molecule has 0 saturated carbocycles. The molecule has 2 amide bonds. The number of alkyl halides is 3. The average molecular weight is 483 g/mol. The molecule has 11 heteroatoms. The Bertz CT molecular complexity index is 919. The van der Waals surface area contributed by atoms with Crippen LogP contribution in [0.2, 0.25) is 15.1 Å². The van der Waals surface area contributed by atoms with Crippen LogP contribution >= 0.6 is 34.8 Å². The van der Waals surface area contributed by atoms with Crippen LogP contribution in [0.15, 0.2) is 36.4 Å². The number of para-hydroxylation sites is 1. The highest BCUT2D eigenvalue weighted by Gasteiger charge is 2.34. The summed E-state index contributed by atoms with van der Waals surface area (Å²) in [5, 5.41) is 5.17. The summed E-state index contributed by atoms with van der Waals surface area (Å²) in [6.45, 7) is 1.49. The summed E-state index contributed by atoms with van der Waals surface area (Å²) in [5.74, 6) is -1.20. The van der Waals surface area contributed by atoms with E-state index < -0.39 is 29.2 Å². The predicted octanol–water partition coefficient (Wildman–Crippen LogP) is 5.56. The van der Waals surface area contributed by atoms with Gasteiger partial charge in [0.15, 0.2) is 0 Å². The molecule has 0 aliphatic carbocycles. The molecule has 162 valence electrons. The van der Waals surface area contributed by atoms with Crippen LogP contribution in [0.3, 0.4) is 0 Å². The third-order valence-corrected chi connectivity index (χ3v) is 4.83. The van der Waals surface area contributed by atoms with Crippen LogP contribution in [0.4, 0.5) is 24.5 Å². The van der Waals surface area contributed by atoms with E-state index in [0.29, 0.717) is 6.54 Å². The number of benzene rings is 2. The minimum atomic E-state index is -4.69. The van der Waals surface area contributed by atoms with Gasteiger partial charge in [-0.15, -0.1) is 0 Å². The Labute approximate surface area is 186 Å². The number of anilines is 2. The molecule has 0 spiro atoms. The Balaban J connectivity index is 2.03. The number of hydrogen-bond donors (Lipinski definition) is 2.